The summed E-state index contributed by atoms with van der Waals surface area (Å²) in [7, 11) is -1.64. The third-order valence-corrected chi connectivity index (χ3v) is 5.72. The number of aromatic nitrogens is 3. The van der Waals surface area contributed by atoms with Crippen molar-refractivity contribution in [3.8, 4) is 11.3 Å². The molecule has 0 spiro atoms. The van der Waals surface area contributed by atoms with Gasteiger partial charge in [-0.1, -0.05) is 12.1 Å². The summed E-state index contributed by atoms with van der Waals surface area (Å²) in [6.07, 6.45) is -0.793. The monoisotopic (exact) mass is 424 g/mol. The number of halogens is 3. The molecule has 0 unspecified atom stereocenters. The first-order valence-electron chi connectivity index (χ1n) is 8.56. The van der Waals surface area contributed by atoms with Crippen LogP contribution in [0.15, 0.2) is 47.6 Å². The van der Waals surface area contributed by atoms with Crippen LogP contribution in [0.25, 0.3) is 11.3 Å². The lowest BCUT2D eigenvalue weighted by Gasteiger charge is -2.15. The quantitative estimate of drug-likeness (QED) is 0.674. The second-order valence-corrected chi connectivity index (χ2v) is 8.66. The zero-order valence-electron chi connectivity index (χ0n) is 15.9. The fraction of sp³-hybridized carbons (Fsp3) is 0.263. The van der Waals surface area contributed by atoms with Gasteiger partial charge in [0.2, 0.25) is 0 Å². The number of rotatable bonds is 5. The predicted octanol–water partition coefficient (Wildman–Crippen LogP) is 3.82. The molecule has 0 aliphatic heterocycles. The summed E-state index contributed by atoms with van der Waals surface area (Å²) in [6.45, 7) is 2.00. The number of alkyl halides is 3. The van der Waals surface area contributed by atoms with Crippen LogP contribution in [0.3, 0.4) is 0 Å². The lowest BCUT2D eigenvalue weighted by molar-refractivity contribution is -0.137. The van der Waals surface area contributed by atoms with Gasteiger partial charge in [-0.15, -0.1) is 0 Å². The van der Waals surface area contributed by atoms with Gasteiger partial charge in [-0.05, 0) is 25.1 Å². The van der Waals surface area contributed by atoms with Crippen molar-refractivity contribution in [3.63, 3.8) is 0 Å². The molecule has 6 nitrogen and oxygen atoms in total. The SMILES string of the molecule is Cc1c(CNc2cnc(-c3ccc(S(C)(=O)=O)cc3)cc2C(F)(F)F)cnn1C. The molecule has 3 aromatic rings. The van der Waals surface area contributed by atoms with Crippen molar-refractivity contribution in [2.45, 2.75) is 24.5 Å². The fourth-order valence-electron chi connectivity index (χ4n) is 2.77. The van der Waals surface area contributed by atoms with E-state index in [4.69, 9.17) is 0 Å². The molecule has 0 amide bonds. The molecule has 2 aromatic heterocycles. The number of aryl methyl sites for hydroxylation is 1. The number of hydrogen-bond acceptors (Lipinski definition) is 5. The lowest BCUT2D eigenvalue weighted by atomic mass is 10.1. The molecule has 0 radical (unpaired) electrons. The first-order chi connectivity index (χ1) is 13.5. The molecule has 154 valence electrons. The van der Waals surface area contributed by atoms with Crippen molar-refractivity contribution in [1.82, 2.24) is 14.8 Å². The number of anilines is 1. The molecule has 0 aliphatic carbocycles. The number of benzene rings is 1. The molecule has 10 heteroatoms. The van der Waals surface area contributed by atoms with Crippen molar-refractivity contribution in [1.29, 1.82) is 0 Å². The van der Waals surface area contributed by atoms with Crippen LogP contribution >= 0.6 is 0 Å². The van der Waals surface area contributed by atoms with E-state index >= 15 is 0 Å². The van der Waals surface area contributed by atoms with E-state index in [-0.39, 0.29) is 22.8 Å². The van der Waals surface area contributed by atoms with Gasteiger partial charge in [-0.3, -0.25) is 9.67 Å². The zero-order chi connectivity index (χ0) is 21.4. The highest BCUT2D eigenvalue weighted by Crippen LogP contribution is 2.37. The number of hydrogen-bond donors (Lipinski definition) is 1. The Bertz CT molecular complexity index is 1140. The number of sulfone groups is 1. The van der Waals surface area contributed by atoms with Gasteiger partial charge < -0.3 is 5.32 Å². The van der Waals surface area contributed by atoms with Gasteiger partial charge in [0.05, 0.1) is 34.2 Å². The summed E-state index contributed by atoms with van der Waals surface area (Å²) in [5.74, 6) is 0. The van der Waals surface area contributed by atoms with Gasteiger partial charge in [0.25, 0.3) is 0 Å². The van der Waals surface area contributed by atoms with Crippen LogP contribution in [0, 0.1) is 6.92 Å². The zero-order valence-corrected chi connectivity index (χ0v) is 16.8. The van der Waals surface area contributed by atoms with Crippen molar-refractivity contribution in [2.24, 2.45) is 7.05 Å². The van der Waals surface area contributed by atoms with E-state index in [0.29, 0.717) is 5.56 Å². The van der Waals surface area contributed by atoms with E-state index < -0.39 is 21.6 Å². The number of nitrogens with zero attached hydrogens (tertiary/aromatic N) is 3. The molecular weight excluding hydrogens is 405 g/mol. The fourth-order valence-corrected chi connectivity index (χ4v) is 3.40. The molecule has 2 heterocycles. The molecule has 29 heavy (non-hydrogen) atoms. The third kappa shape index (κ3) is 4.58. The Balaban J connectivity index is 1.93. The minimum absolute atomic E-state index is 0.0856. The first-order valence-corrected chi connectivity index (χ1v) is 10.4. The minimum Gasteiger partial charge on any atom is -0.379 e. The summed E-state index contributed by atoms with van der Waals surface area (Å²) in [6, 6.07) is 6.51. The Morgan fingerprint density at radius 1 is 1.14 bits per heavy atom. The second kappa shape index (κ2) is 7.51. The maximum absolute atomic E-state index is 13.6. The molecular formula is C19H19F3N4O2S. The molecule has 0 fully saturated rings. The Hall–Kier alpha value is -2.88. The van der Waals surface area contributed by atoms with Crippen LogP contribution in [-0.4, -0.2) is 29.4 Å². The van der Waals surface area contributed by atoms with Gasteiger partial charge in [0, 0.05) is 36.7 Å². The van der Waals surface area contributed by atoms with Crippen LogP contribution in [0.1, 0.15) is 16.8 Å². The normalized spacial score (nSPS) is 12.2. The number of nitrogens with one attached hydrogen (secondary N) is 1. The molecule has 0 saturated heterocycles. The molecule has 0 aliphatic rings. The smallest absolute Gasteiger partial charge is 0.379 e. The first kappa shape index (κ1) is 20.8. The van der Waals surface area contributed by atoms with Crippen LogP contribution in [-0.2, 0) is 29.6 Å². The Morgan fingerprint density at radius 3 is 2.31 bits per heavy atom. The summed E-state index contributed by atoms with van der Waals surface area (Å²) in [4.78, 5) is 4.21. The average Bonchev–Trinajstić information content (AvgIpc) is 2.97. The highest BCUT2D eigenvalue weighted by Gasteiger charge is 2.34. The Labute approximate surface area is 166 Å². The predicted molar refractivity (Wildman–Crippen MR) is 103 cm³/mol. The largest absolute Gasteiger partial charge is 0.418 e. The Kier molecular flexibility index (Phi) is 5.40. The molecule has 1 N–H and O–H groups in total. The number of pyridine rings is 1. The molecule has 0 atom stereocenters. The lowest BCUT2D eigenvalue weighted by Crippen LogP contribution is -2.12. The standard InChI is InChI=1S/C19H19F3N4O2S/c1-12-14(10-25-26(12)2)9-23-18-11-24-17(8-16(18)19(20,21)22)13-4-6-15(7-5-13)29(3,27)28/h4-8,10-11,23H,9H2,1-3H3. The van der Waals surface area contributed by atoms with E-state index in [1.165, 1.54) is 24.3 Å². The highest BCUT2D eigenvalue weighted by atomic mass is 32.2. The topological polar surface area (TPSA) is 76.9 Å². The van der Waals surface area contributed by atoms with E-state index in [1.807, 2.05) is 6.92 Å². The van der Waals surface area contributed by atoms with Crippen molar-refractivity contribution < 1.29 is 21.6 Å². The van der Waals surface area contributed by atoms with Gasteiger partial charge in [0.1, 0.15) is 0 Å². The maximum atomic E-state index is 13.6. The van der Waals surface area contributed by atoms with Crippen LogP contribution in [0.4, 0.5) is 18.9 Å². The van der Waals surface area contributed by atoms with Gasteiger partial charge in [-0.25, -0.2) is 8.42 Å². The van der Waals surface area contributed by atoms with Crippen LogP contribution in [0.2, 0.25) is 0 Å². The molecule has 0 bridgehead atoms. The maximum Gasteiger partial charge on any atom is 0.418 e. The van der Waals surface area contributed by atoms with E-state index in [1.54, 1.807) is 17.9 Å². The third-order valence-electron chi connectivity index (χ3n) is 4.59. The summed E-state index contributed by atoms with van der Waals surface area (Å²) in [5, 5.41) is 6.86. The molecule has 3 rings (SSSR count). The summed E-state index contributed by atoms with van der Waals surface area (Å²) >= 11 is 0. The van der Waals surface area contributed by atoms with Crippen molar-refractivity contribution in [2.75, 3.05) is 11.6 Å². The van der Waals surface area contributed by atoms with Crippen molar-refractivity contribution in [3.05, 3.63) is 59.5 Å². The van der Waals surface area contributed by atoms with Gasteiger partial charge >= 0.3 is 6.18 Å². The van der Waals surface area contributed by atoms with Crippen LogP contribution < -0.4 is 5.32 Å². The Morgan fingerprint density at radius 2 is 1.79 bits per heavy atom. The average molecular weight is 424 g/mol. The molecule has 1 aromatic carbocycles. The summed E-state index contributed by atoms with van der Waals surface area (Å²) < 4.78 is 65.6. The van der Waals surface area contributed by atoms with E-state index in [0.717, 1.165) is 29.8 Å². The highest BCUT2D eigenvalue weighted by molar-refractivity contribution is 7.90. The van der Waals surface area contributed by atoms with E-state index in [9.17, 15) is 21.6 Å². The van der Waals surface area contributed by atoms with E-state index in [2.05, 4.69) is 15.4 Å². The van der Waals surface area contributed by atoms with Crippen LogP contribution in [0.5, 0.6) is 0 Å². The minimum atomic E-state index is -4.59. The molecule has 0 saturated carbocycles. The van der Waals surface area contributed by atoms with Gasteiger partial charge in [-0.2, -0.15) is 18.3 Å². The summed E-state index contributed by atoms with van der Waals surface area (Å²) in [5.41, 5.74) is 1.12. The van der Waals surface area contributed by atoms with Gasteiger partial charge in [0.15, 0.2) is 9.84 Å². The second-order valence-electron chi connectivity index (χ2n) is 6.64. The van der Waals surface area contributed by atoms with Crippen molar-refractivity contribution >= 4 is 15.5 Å².